The Bertz CT molecular complexity index is 609. The summed E-state index contributed by atoms with van der Waals surface area (Å²) in [6.07, 6.45) is 7.06. The maximum atomic E-state index is 12.2. The second-order valence-corrected chi connectivity index (χ2v) is 5.19. The molecule has 1 fully saturated rings. The molecule has 0 atom stereocenters. The van der Waals surface area contributed by atoms with Crippen LogP contribution in [0, 0.1) is 0 Å². The van der Waals surface area contributed by atoms with Gasteiger partial charge in [-0.2, -0.15) is 0 Å². The van der Waals surface area contributed by atoms with E-state index in [1.807, 2.05) is 18.2 Å². The largest absolute Gasteiger partial charge is 0.320 e. The fraction of sp³-hybridized carbons (Fsp3) is 0.312. The highest BCUT2D eigenvalue weighted by atomic mass is 16.1. The molecular formula is C16H18N4O. The highest BCUT2D eigenvalue weighted by Gasteiger charge is 2.15. The number of likely N-dealkylation sites (tertiary alicyclic amines) is 1. The normalized spacial score (nSPS) is 15.0. The monoisotopic (exact) mass is 282 g/mol. The van der Waals surface area contributed by atoms with Crippen molar-refractivity contribution in [3.63, 3.8) is 0 Å². The van der Waals surface area contributed by atoms with E-state index in [2.05, 4.69) is 26.3 Å². The zero-order valence-electron chi connectivity index (χ0n) is 11.8. The van der Waals surface area contributed by atoms with Gasteiger partial charge >= 0.3 is 0 Å². The van der Waals surface area contributed by atoms with Crippen LogP contribution in [-0.2, 0) is 6.54 Å². The molecule has 1 aromatic heterocycles. The summed E-state index contributed by atoms with van der Waals surface area (Å²) in [5.41, 5.74) is 2.31. The number of aromatic nitrogens is 2. The molecule has 5 nitrogen and oxygen atoms in total. The highest BCUT2D eigenvalue weighted by molar-refractivity contribution is 6.03. The van der Waals surface area contributed by atoms with E-state index in [9.17, 15) is 4.79 Å². The molecule has 0 saturated carbocycles. The number of para-hydroxylation sites is 1. The molecule has 2 heterocycles. The fourth-order valence-corrected chi connectivity index (χ4v) is 2.56. The first-order valence-electron chi connectivity index (χ1n) is 7.20. The maximum absolute atomic E-state index is 12.2. The average Bonchev–Trinajstić information content (AvgIpc) is 3.03. The van der Waals surface area contributed by atoms with Crippen LogP contribution < -0.4 is 5.32 Å². The van der Waals surface area contributed by atoms with Gasteiger partial charge in [0.1, 0.15) is 5.69 Å². The minimum atomic E-state index is -0.225. The zero-order valence-corrected chi connectivity index (χ0v) is 11.8. The molecule has 0 spiro atoms. The summed E-state index contributed by atoms with van der Waals surface area (Å²) in [4.78, 5) is 22.5. The second-order valence-electron chi connectivity index (χ2n) is 5.19. The predicted octanol–water partition coefficient (Wildman–Crippen LogP) is 2.32. The topological polar surface area (TPSA) is 58.1 Å². The molecule has 1 aromatic carbocycles. The van der Waals surface area contributed by atoms with Crippen molar-refractivity contribution in [3.8, 4) is 0 Å². The van der Waals surface area contributed by atoms with E-state index in [1.54, 1.807) is 6.20 Å². The Morgan fingerprint density at radius 2 is 2.00 bits per heavy atom. The Morgan fingerprint density at radius 1 is 1.19 bits per heavy atom. The molecular weight excluding hydrogens is 264 g/mol. The van der Waals surface area contributed by atoms with Gasteiger partial charge in [0.25, 0.3) is 5.91 Å². The zero-order chi connectivity index (χ0) is 14.5. The third-order valence-electron chi connectivity index (χ3n) is 3.65. The van der Waals surface area contributed by atoms with E-state index in [0.717, 1.165) is 30.9 Å². The molecule has 0 bridgehead atoms. The number of nitrogens with one attached hydrogen (secondary N) is 1. The number of benzene rings is 1. The van der Waals surface area contributed by atoms with Gasteiger partial charge in [0, 0.05) is 24.6 Å². The van der Waals surface area contributed by atoms with E-state index in [0.29, 0.717) is 5.69 Å². The van der Waals surface area contributed by atoms with Crippen molar-refractivity contribution in [2.45, 2.75) is 19.4 Å². The van der Waals surface area contributed by atoms with Crippen molar-refractivity contribution in [2.75, 3.05) is 18.4 Å². The molecule has 21 heavy (non-hydrogen) atoms. The molecule has 1 saturated heterocycles. The molecule has 0 aliphatic carbocycles. The summed E-state index contributed by atoms with van der Waals surface area (Å²) >= 11 is 0. The van der Waals surface area contributed by atoms with Crippen LogP contribution in [-0.4, -0.2) is 33.9 Å². The lowest BCUT2D eigenvalue weighted by molar-refractivity contribution is 0.102. The van der Waals surface area contributed by atoms with Gasteiger partial charge in [0.2, 0.25) is 0 Å². The first-order chi connectivity index (χ1) is 10.3. The van der Waals surface area contributed by atoms with Crippen LogP contribution in [0.5, 0.6) is 0 Å². The van der Waals surface area contributed by atoms with Crippen LogP contribution in [0.25, 0.3) is 0 Å². The number of anilines is 1. The van der Waals surface area contributed by atoms with Gasteiger partial charge in [-0.15, -0.1) is 0 Å². The van der Waals surface area contributed by atoms with E-state index in [4.69, 9.17) is 0 Å². The molecule has 1 aliphatic rings. The molecule has 1 aliphatic heterocycles. The molecule has 1 N–H and O–H groups in total. The number of amides is 1. The second kappa shape index (κ2) is 6.45. The summed E-state index contributed by atoms with van der Waals surface area (Å²) in [5.74, 6) is -0.225. The van der Waals surface area contributed by atoms with Crippen molar-refractivity contribution in [3.05, 3.63) is 54.1 Å². The minimum absolute atomic E-state index is 0.225. The van der Waals surface area contributed by atoms with E-state index < -0.39 is 0 Å². The molecule has 108 valence electrons. The van der Waals surface area contributed by atoms with Gasteiger partial charge in [-0.1, -0.05) is 18.2 Å². The summed E-state index contributed by atoms with van der Waals surface area (Å²) in [6, 6.07) is 7.92. The highest BCUT2D eigenvalue weighted by Crippen LogP contribution is 2.20. The van der Waals surface area contributed by atoms with Gasteiger partial charge in [-0.3, -0.25) is 14.7 Å². The van der Waals surface area contributed by atoms with Gasteiger partial charge in [0.05, 0.1) is 6.20 Å². The number of carbonyl (C=O) groups excluding carboxylic acids is 1. The smallest absolute Gasteiger partial charge is 0.275 e. The van der Waals surface area contributed by atoms with Gasteiger partial charge in [-0.05, 0) is 37.6 Å². The maximum Gasteiger partial charge on any atom is 0.275 e. The first-order valence-corrected chi connectivity index (χ1v) is 7.20. The lowest BCUT2D eigenvalue weighted by Gasteiger charge is -2.17. The van der Waals surface area contributed by atoms with Crippen LogP contribution in [0.2, 0.25) is 0 Å². The van der Waals surface area contributed by atoms with Gasteiger partial charge in [0.15, 0.2) is 0 Å². The number of hydrogen-bond donors (Lipinski definition) is 1. The Morgan fingerprint density at radius 3 is 2.76 bits per heavy atom. The molecule has 3 rings (SSSR count). The van der Waals surface area contributed by atoms with Crippen molar-refractivity contribution >= 4 is 11.6 Å². The average molecular weight is 282 g/mol. The number of nitrogens with zero attached hydrogens (tertiary/aromatic N) is 3. The van der Waals surface area contributed by atoms with Crippen LogP contribution in [0.4, 0.5) is 5.69 Å². The Hall–Kier alpha value is -2.27. The lowest BCUT2D eigenvalue weighted by Crippen LogP contribution is -2.21. The number of rotatable bonds is 4. The quantitative estimate of drug-likeness (QED) is 0.935. The van der Waals surface area contributed by atoms with E-state index >= 15 is 0 Å². The molecule has 0 unspecified atom stereocenters. The third-order valence-corrected chi connectivity index (χ3v) is 3.65. The van der Waals surface area contributed by atoms with Crippen LogP contribution in [0.3, 0.4) is 0 Å². The van der Waals surface area contributed by atoms with Crippen molar-refractivity contribution in [1.29, 1.82) is 0 Å². The Labute approximate surface area is 124 Å². The van der Waals surface area contributed by atoms with Crippen molar-refractivity contribution in [2.24, 2.45) is 0 Å². The first kappa shape index (κ1) is 13.7. The summed E-state index contributed by atoms with van der Waals surface area (Å²) in [5, 5.41) is 2.93. The standard InChI is InChI=1S/C16H18N4O/c21-16(15-11-17-7-8-18-15)19-14-6-2-1-5-13(14)12-20-9-3-4-10-20/h1-2,5-8,11H,3-4,9-10,12H2,(H,19,21). The predicted molar refractivity (Wildman–Crippen MR) is 80.9 cm³/mol. The van der Waals surface area contributed by atoms with E-state index in [1.165, 1.54) is 25.2 Å². The van der Waals surface area contributed by atoms with Crippen LogP contribution in [0.15, 0.2) is 42.9 Å². The van der Waals surface area contributed by atoms with Gasteiger partial charge < -0.3 is 5.32 Å². The SMILES string of the molecule is O=C(Nc1ccccc1CN1CCCC1)c1cnccn1. The van der Waals surface area contributed by atoms with Crippen LogP contribution >= 0.6 is 0 Å². The Balaban J connectivity index is 1.74. The molecule has 2 aromatic rings. The summed E-state index contributed by atoms with van der Waals surface area (Å²) < 4.78 is 0. The number of hydrogen-bond acceptors (Lipinski definition) is 4. The molecule has 5 heteroatoms. The molecule has 1 amide bonds. The Kier molecular flexibility index (Phi) is 4.21. The summed E-state index contributed by atoms with van der Waals surface area (Å²) in [6.45, 7) is 3.13. The third kappa shape index (κ3) is 3.44. The van der Waals surface area contributed by atoms with Crippen LogP contribution in [0.1, 0.15) is 28.9 Å². The van der Waals surface area contributed by atoms with Crippen molar-refractivity contribution in [1.82, 2.24) is 14.9 Å². The fourth-order valence-electron chi connectivity index (χ4n) is 2.56. The van der Waals surface area contributed by atoms with Gasteiger partial charge in [-0.25, -0.2) is 4.98 Å². The lowest BCUT2D eigenvalue weighted by atomic mass is 10.1. The van der Waals surface area contributed by atoms with E-state index in [-0.39, 0.29) is 5.91 Å². The van der Waals surface area contributed by atoms with Crippen molar-refractivity contribution < 1.29 is 4.79 Å². The number of carbonyl (C=O) groups is 1. The summed E-state index contributed by atoms with van der Waals surface area (Å²) in [7, 11) is 0. The minimum Gasteiger partial charge on any atom is -0.320 e. The molecule has 0 radical (unpaired) electrons.